The van der Waals surface area contributed by atoms with Crippen molar-refractivity contribution in [3.63, 3.8) is 0 Å². The summed E-state index contributed by atoms with van der Waals surface area (Å²) < 4.78 is 27.8. The van der Waals surface area contributed by atoms with Crippen LogP contribution in [0.2, 0.25) is 0 Å². The second-order valence-corrected chi connectivity index (χ2v) is 12.5. The highest BCUT2D eigenvalue weighted by atomic mass is 32.2. The number of fused-ring (bicyclic) bond motifs is 1. The highest BCUT2D eigenvalue weighted by Crippen LogP contribution is 2.70. The number of amides is 1. The summed E-state index contributed by atoms with van der Waals surface area (Å²) in [6, 6.07) is 8.50. The van der Waals surface area contributed by atoms with E-state index in [0.717, 1.165) is 24.8 Å². The second kappa shape index (κ2) is 7.42. The molecule has 170 valence electrons. The van der Waals surface area contributed by atoms with Crippen molar-refractivity contribution in [2.45, 2.75) is 65.6 Å². The monoisotopic (exact) mass is 446 g/mol. The molecule has 1 spiro atoms. The van der Waals surface area contributed by atoms with E-state index in [2.05, 4.69) is 25.9 Å². The molecule has 3 aliphatic rings. The molecule has 0 radical (unpaired) electrons. The van der Waals surface area contributed by atoms with E-state index in [1.165, 1.54) is 4.31 Å². The molecule has 1 amide bonds. The van der Waals surface area contributed by atoms with E-state index >= 15 is 0 Å². The van der Waals surface area contributed by atoms with Crippen molar-refractivity contribution < 1.29 is 18.0 Å². The van der Waals surface area contributed by atoms with E-state index in [0.29, 0.717) is 5.92 Å². The van der Waals surface area contributed by atoms with E-state index in [-0.39, 0.29) is 29.2 Å². The number of nitrogens with zero attached hydrogens (tertiary/aromatic N) is 1. The zero-order valence-electron chi connectivity index (χ0n) is 18.9. The van der Waals surface area contributed by atoms with Gasteiger partial charge in [-0.1, -0.05) is 64.1 Å². The zero-order chi connectivity index (χ0) is 22.7. The van der Waals surface area contributed by atoms with Gasteiger partial charge < -0.3 is 0 Å². The lowest BCUT2D eigenvalue weighted by Crippen LogP contribution is -2.56. The fourth-order valence-electron chi connectivity index (χ4n) is 6.13. The summed E-state index contributed by atoms with van der Waals surface area (Å²) in [7, 11) is -3.70. The molecule has 6 nitrogen and oxygen atoms in total. The maximum Gasteiger partial charge on any atom is 0.256 e. The topological polar surface area (TPSA) is 75.7 Å². The largest absolute Gasteiger partial charge is 0.296 e. The normalized spacial score (nSPS) is 31.4. The molecular weight excluding hydrogens is 412 g/mol. The van der Waals surface area contributed by atoms with Crippen molar-refractivity contribution in [2.24, 2.45) is 22.2 Å². The quantitative estimate of drug-likeness (QED) is 0.511. The molecule has 3 fully saturated rings. The molecule has 4 atom stereocenters. The summed E-state index contributed by atoms with van der Waals surface area (Å²) in [6.45, 7) is 12.2. The molecule has 1 aromatic rings. The average Bonchev–Trinajstić information content (AvgIpc) is 3.19. The van der Waals surface area contributed by atoms with Crippen LogP contribution in [0.5, 0.6) is 0 Å². The Morgan fingerprint density at radius 3 is 2.65 bits per heavy atom. The van der Waals surface area contributed by atoms with Crippen LogP contribution < -0.4 is 5.48 Å². The lowest BCUT2D eigenvalue weighted by molar-refractivity contribution is -0.140. The van der Waals surface area contributed by atoms with Gasteiger partial charge in [-0.3, -0.25) is 9.63 Å². The maximum atomic E-state index is 13.8. The Bertz CT molecular complexity index is 973. The SMILES string of the molecule is C=CC(C)(C)[C@H](NOCc1ccccc1)C(=O)N1C2CC3CC[C@]2(CS1(=O)=O)C3(C)C. The average molecular weight is 447 g/mol. The third-order valence-electron chi connectivity index (χ3n) is 8.43. The summed E-state index contributed by atoms with van der Waals surface area (Å²) in [6.07, 6.45) is 4.34. The van der Waals surface area contributed by atoms with E-state index in [1.54, 1.807) is 6.08 Å². The number of hydrogen-bond donors (Lipinski definition) is 1. The number of hydrogen-bond acceptors (Lipinski definition) is 5. The van der Waals surface area contributed by atoms with Crippen molar-refractivity contribution in [3.05, 3.63) is 48.6 Å². The molecule has 7 heteroatoms. The Balaban J connectivity index is 1.60. The van der Waals surface area contributed by atoms with Crippen molar-refractivity contribution in [2.75, 3.05) is 5.75 Å². The van der Waals surface area contributed by atoms with Crippen molar-refractivity contribution in [3.8, 4) is 0 Å². The summed E-state index contributed by atoms with van der Waals surface area (Å²) in [5.74, 6) is 0.0751. The predicted octanol–water partition coefficient (Wildman–Crippen LogP) is 3.66. The first-order valence-corrected chi connectivity index (χ1v) is 12.7. The Morgan fingerprint density at radius 1 is 1.35 bits per heavy atom. The van der Waals surface area contributed by atoms with Crippen molar-refractivity contribution in [1.82, 2.24) is 9.79 Å². The fourth-order valence-corrected chi connectivity index (χ4v) is 8.68. The highest BCUT2D eigenvalue weighted by Gasteiger charge is 2.72. The summed E-state index contributed by atoms with van der Waals surface area (Å²) in [5, 5.41) is 0. The van der Waals surface area contributed by atoms with Gasteiger partial charge in [0, 0.05) is 10.8 Å². The minimum absolute atomic E-state index is 0.0615. The highest BCUT2D eigenvalue weighted by molar-refractivity contribution is 7.90. The Labute approximate surface area is 186 Å². The maximum absolute atomic E-state index is 13.8. The molecule has 1 N–H and O–H groups in total. The molecule has 1 heterocycles. The van der Waals surface area contributed by atoms with Crippen LogP contribution in [0, 0.1) is 22.2 Å². The van der Waals surface area contributed by atoms with Crippen molar-refractivity contribution >= 4 is 15.9 Å². The predicted molar refractivity (Wildman–Crippen MR) is 120 cm³/mol. The molecule has 2 aliphatic carbocycles. The van der Waals surface area contributed by atoms with Crippen LogP contribution in [0.3, 0.4) is 0 Å². The van der Waals surface area contributed by atoms with Crippen LogP contribution in [-0.4, -0.2) is 36.5 Å². The number of rotatable bonds is 7. The number of carbonyl (C=O) groups excluding carboxylic acids is 1. The molecule has 2 saturated carbocycles. The fraction of sp³-hybridized carbons (Fsp3) is 0.625. The van der Waals surface area contributed by atoms with Gasteiger partial charge >= 0.3 is 0 Å². The molecular formula is C24H34N2O4S. The van der Waals surface area contributed by atoms with E-state index in [1.807, 2.05) is 44.2 Å². The van der Waals surface area contributed by atoms with E-state index in [9.17, 15) is 13.2 Å². The van der Waals surface area contributed by atoms with Gasteiger partial charge in [0.05, 0.1) is 18.4 Å². The molecule has 2 unspecified atom stereocenters. The minimum Gasteiger partial charge on any atom is -0.296 e. The lowest BCUT2D eigenvalue weighted by atomic mass is 9.69. The molecule has 1 saturated heterocycles. The van der Waals surface area contributed by atoms with Gasteiger partial charge in [-0.05, 0) is 36.2 Å². The number of hydroxylamine groups is 1. The van der Waals surface area contributed by atoms with Gasteiger partial charge in [0.25, 0.3) is 5.91 Å². The second-order valence-electron chi connectivity index (χ2n) is 10.6. The third kappa shape index (κ3) is 3.36. The molecule has 1 aromatic carbocycles. The molecule has 1 aliphatic heterocycles. The van der Waals surface area contributed by atoms with Crippen LogP contribution in [-0.2, 0) is 26.3 Å². The Morgan fingerprint density at radius 2 is 2.03 bits per heavy atom. The number of benzene rings is 1. The Kier molecular flexibility index (Phi) is 5.39. The summed E-state index contributed by atoms with van der Waals surface area (Å²) in [5.41, 5.74) is 2.72. The van der Waals surface area contributed by atoms with Crippen LogP contribution in [0.25, 0.3) is 0 Å². The van der Waals surface area contributed by atoms with Gasteiger partial charge in [0.2, 0.25) is 10.0 Å². The van der Waals surface area contributed by atoms with Gasteiger partial charge in [0.1, 0.15) is 6.04 Å². The van der Waals surface area contributed by atoms with Crippen molar-refractivity contribution in [1.29, 1.82) is 0 Å². The number of carbonyl (C=O) groups is 1. The van der Waals surface area contributed by atoms with Crippen LogP contribution in [0.15, 0.2) is 43.0 Å². The third-order valence-corrected chi connectivity index (χ3v) is 10.3. The van der Waals surface area contributed by atoms with Gasteiger partial charge in [-0.15, -0.1) is 6.58 Å². The summed E-state index contributed by atoms with van der Waals surface area (Å²) in [4.78, 5) is 19.5. The standard InChI is InChI=1S/C24H34N2O4S/c1-6-22(2,3)20(25-30-15-17-10-8-7-9-11-17)21(27)26-19-14-18-12-13-24(19,23(18,4)5)16-31(26,28)29/h6-11,18-20,25H,1,12-16H2,2-5H3/t18?,19?,20-,24-/m1/s1. The minimum atomic E-state index is -3.70. The first-order valence-electron chi connectivity index (χ1n) is 11.1. The summed E-state index contributed by atoms with van der Waals surface area (Å²) >= 11 is 0. The van der Waals surface area contributed by atoms with Gasteiger partial charge in [-0.25, -0.2) is 12.7 Å². The van der Waals surface area contributed by atoms with Crippen LogP contribution >= 0.6 is 0 Å². The molecule has 2 bridgehead atoms. The zero-order valence-corrected chi connectivity index (χ0v) is 19.7. The van der Waals surface area contributed by atoms with Crippen LogP contribution in [0.4, 0.5) is 0 Å². The van der Waals surface area contributed by atoms with E-state index in [4.69, 9.17) is 4.84 Å². The lowest BCUT2D eigenvalue weighted by Gasteiger charge is -2.39. The molecule has 31 heavy (non-hydrogen) atoms. The van der Waals surface area contributed by atoms with Gasteiger partial charge in [0.15, 0.2) is 0 Å². The number of nitrogens with one attached hydrogen (secondary N) is 1. The van der Waals surface area contributed by atoms with Crippen LogP contribution in [0.1, 0.15) is 52.5 Å². The van der Waals surface area contributed by atoms with Gasteiger partial charge in [-0.2, -0.15) is 5.48 Å². The van der Waals surface area contributed by atoms with E-state index < -0.39 is 27.4 Å². The molecule has 4 rings (SSSR count). The first-order chi connectivity index (χ1) is 14.5. The molecule has 0 aromatic heterocycles. The first kappa shape index (κ1) is 22.5. The Hall–Kier alpha value is -1.70. The number of sulfonamides is 1. The smallest absolute Gasteiger partial charge is 0.256 e.